The molecule has 0 aromatic heterocycles. The molecule has 1 rings (SSSR count). The Balaban J connectivity index is 2.25. The summed E-state index contributed by atoms with van der Waals surface area (Å²) in [6, 6.07) is 5.91. The van der Waals surface area contributed by atoms with Gasteiger partial charge in [0.2, 0.25) is 11.8 Å². The lowest BCUT2D eigenvalue weighted by Gasteiger charge is -2.07. The van der Waals surface area contributed by atoms with Gasteiger partial charge in [-0.3, -0.25) is 14.9 Å². The zero-order chi connectivity index (χ0) is 14.1. The van der Waals surface area contributed by atoms with Crippen molar-refractivity contribution < 1.29 is 14.0 Å². The van der Waals surface area contributed by atoms with Crippen molar-refractivity contribution in [3.63, 3.8) is 0 Å². The van der Waals surface area contributed by atoms with E-state index in [-0.39, 0.29) is 24.7 Å². The van der Waals surface area contributed by atoms with Crippen LogP contribution in [-0.2, 0) is 9.59 Å². The fourth-order valence-corrected chi connectivity index (χ4v) is 1.37. The second-order valence-corrected chi connectivity index (χ2v) is 3.98. The summed E-state index contributed by atoms with van der Waals surface area (Å²) in [4.78, 5) is 22.7. The van der Waals surface area contributed by atoms with Crippen molar-refractivity contribution in [2.45, 2.75) is 13.3 Å². The van der Waals surface area contributed by atoms with Crippen molar-refractivity contribution >= 4 is 17.5 Å². The molecular weight excluding hydrogens is 249 g/mol. The number of carbonyl (C=O) groups is 2. The highest BCUT2D eigenvalue weighted by atomic mass is 19.1. The molecule has 0 saturated carbocycles. The van der Waals surface area contributed by atoms with E-state index in [0.717, 1.165) is 6.42 Å². The highest BCUT2D eigenvalue weighted by molar-refractivity contribution is 5.92. The largest absolute Gasteiger partial charge is 0.355 e. The number of carbonyl (C=O) groups excluding carboxylic acids is 2. The SMILES string of the molecule is CCCNC(=O)CNCC(=O)Nc1ccccc1F. The number of amides is 2. The molecule has 3 N–H and O–H groups in total. The predicted octanol–water partition coefficient (Wildman–Crippen LogP) is 0.880. The first-order chi connectivity index (χ1) is 9.13. The fraction of sp³-hybridized carbons (Fsp3) is 0.385. The normalized spacial score (nSPS) is 10.0. The molecule has 19 heavy (non-hydrogen) atoms. The predicted molar refractivity (Wildman–Crippen MR) is 71.2 cm³/mol. The minimum absolute atomic E-state index is 0.0477. The molecule has 5 nitrogen and oxygen atoms in total. The van der Waals surface area contributed by atoms with E-state index >= 15 is 0 Å². The van der Waals surface area contributed by atoms with E-state index in [4.69, 9.17) is 0 Å². The molecule has 0 aliphatic rings. The van der Waals surface area contributed by atoms with Crippen LogP contribution in [0.2, 0.25) is 0 Å². The zero-order valence-corrected chi connectivity index (χ0v) is 10.8. The Bertz CT molecular complexity index is 438. The van der Waals surface area contributed by atoms with Gasteiger partial charge >= 0.3 is 0 Å². The monoisotopic (exact) mass is 267 g/mol. The van der Waals surface area contributed by atoms with Crippen molar-refractivity contribution in [2.24, 2.45) is 0 Å². The van der Waals surface area contributed by atoms with Crippen molar-refractivity contribution in [1.29, 1.82) is 0 Å². The first-order valence-electron chi connectivity index (χ1n) is 6.15. The number of hydrogen-bond donors (Lipinski definition) is 3. The van der Waals surface area contributed by atoms with Crippen LogP contribution >= 0.6 is 0 Å². The summed E-state index contributed by atoms with van der Waals surface area (Å²) < 4.78 is 13.2. The van der Waals surface area contributed by atoms with Gasteiger partial charge in [-0.25, -0.2) is 4.39 Å². The maximum atomic E-state index is 13.2. The number of anilines is 1. The lowest BCUT2D eigenvalue weighted by atomic mass is 10.3. The van der Waals surface area contributed by atoms with Crippen LogP contribution in [0, 0.1) is 5.82 Å². The Hall–Kier alpha value is -1.95. The molecule has 1 aromatic rings. The molecule has 0 aliphatic carbocycles. The third-order valence-electron chi connectivity index (χ3n) is 2.29. The average molecular weight is 267 g/mol. The van der Waals surface area contributed by atoms with Gasteiger partial charge in [0.15, 0.2) is 0 Å². The molecule has 0 saturated heterocycles. The van der Waals surface area contributed by atoms with E-state index in [9.17, 15) is 14.0 Å². The third-order valence-corrected chi connectivity index (χ3v) is 2.29. The topological polar surface area (TPSA) is 70.2 Å². The smallest absolute Gasteiger partial charge is 0.238 e. The van der Waals surface area contributed by atoms with E-state index in [1.54, 1.807) is 12.1 Å². The first kappa shape index (κ1) is 15.1. The van der Waals surface area contributed by atoms with Crippen LogP contribution < -0.4 is 16.0 Å². The number of para-hydroxylation sites is 1. The maximum absolute atomic E-state index is 13.2. The Kier molecular flexibility index (Phi) is 6.52. The van der Waals surface area contributed by atoms with Gasteiger partial charge in [0, 0.05) is 6.54 Å². The molecule has 0 fully saturated rings. The molecule has 0 spiro atoms. The molecule has 0 radical (unpaired) electrons. The second-order valence-electron chi connectivity index (χ2n) is 3.98. The highest BCUT2D eigenvalue weighted by Gasteiger charge is 2.06. The third kappa shape index (κ3) is 5.96. The summed E-state index contributed by atoms with van der Waals surface area (Å²) in [5, 5.41) is 7.78. The Morgan fingerprint density at radius 1 is 1.16 bits per heavy atom. The number of benzene rings is 1. The number of hydrogen-bond acceptors (Lipinski definition) is 3. The van der Waals surface area contributed by atoms with E-state index in [2.05, 4.69) is 16.0 Å². The lowest BCUT2D eigenvalue weighted by Crippen LogP contribution is -2.37. The van der Waals surface area contributed by atoms with E-state index in [0.29, 0.717) is 6.54 Å². The van der Waals surface area contributed by atoms with Crippen molar-refractivity contribution in [2.75, 3.05) is 25.0 Å². The summed E-state index contributed by atoms with van der Waals surface area (Å²) >= 11 is 0. The van der Waals surface area contributed by atoms with Gasteiger partial charge in [0.25, 0.3) is 0 Å². The van der Waals surface area contributed by atoms with Crippen molar-refractivity contribution in [3.8, 4) is 0 Å². The summed E-state index contributed by atoms with van der Waals surface area (Å²) in [7, 11) is 0. The van der Waals surface area contributed by atoms with Crippen LogP contribution in [-0.4, -0.2) is 31.4 Å². The van der Waals surface area contributed by atoms with Crippen LogP contribution in [0.1, 0.15) is 13.3 Å². The van der Waals surface area contributed by atoms with Crippen LogP contribution in [0.15, 0.2) is 24.3 Å². The number of nitrogens with one attached hydrogen (secondary N) is 3. The van der Waals surface area contributed by atoms with Crippen LogP contribution in [0.25, 0.3) is 0 Å². The average Bonchev–Trinajstić information content (AvgIpc) is 2.39. The molecule has 0 atom stereocenters. The second kappa shape index (κ2) is 8.20. The Labute approximate surface area is 111 Å². The summed E-state index contributed by atoms with van der Waals surface area (Å²) in [5.41, 5.74) is 0.129. The summed E-state index contributed by atoms with van der Waals surface area (Å²) in [5.74, 6) is -1.05. The van der Waals surface area contributed by atoms with Gasteiger partial charge in [-0.15, -0.1) is 0 Å². The molecule has 6 heteroatoms. The van der Waals surface area contributed by atoms with Crippen LogP contribution in [0.5, 0.6) is 0 Å². The Morgan fingerprint density at radius 3 is 2.53 bits per heavy atom. The maximum Gasteiger partial charge on any atom is 0.238 e. The molecule has 0 heterocycles. The first-order valence-corrected chi connectivity index (χ1v) is 6.15. The van der Waals surface area contributed by atoms with Crippen molar-refractivity contribution in [3.05, 3.63) is 30.1 Å². The lowest BCUT2D eigenvalue weighted by molar-refractivity contribution is -0.120. The highest BCUT2D eigenvalue weighted by Crippen LogP contribution is 2.11. The van der Waals surface area contributed by atoms with Crippen molar-refractivity contribution in [1.82, 2.24) is 10.6 Å². The standard InChI is InChI=1S/C13H18FN3O2/c1-2-7-16-12(18)8-15-9-13(19)17-11-6-4-3-5-10(11)14/h3-6,15H,2,7-9H2,1H3,(H,16,18)(H,17,19). The van der Waals surface area contributed by atoms with Gasteiger partial charge in [-0.2, -0.15) is 0 Å². The van der Waals surface area contributed by atoms with E-state index < -0.39 is 11.7 Å². The molecule has 2 amide bonds. The summed E-state index contributed by atoms with van der Waals surface area (Å²) in [6.07, 6.45) is 0.861. The molecule has 0 unspecified atom stereocenters. The van der Waals surface area contributed by atoms with Crippen LogP contribution in [0.3, 0.4) is 0 Å². The number of halogens is 1. The van der Waals surface area contributed by atoms with Gasteiger partial charge in [0.05, 0.1) is 18.8 Å². The number of rotatable bonds is 7. The molecule has 1 aromatic carbocycles. The summed E-state index contributed by atoms with van der Waals surface area (Å²) in [6.45, 7) is 2.58. The molecule has 0 bridgehead atoms. The minimum Gasteiger partial charge on any atom is -0.355 e. The van der Waals surface area contributed by atoms with Gasteiger partial charge in [-0.1, -0.05) is 19.1 Å². The minimum atomic E-state index is -0.489. The van der Waals surface area contributed by atoms with Crippen LogP contribution in [0.4, 0.5) is 10.1 Å². The molecule has 0 aliphatic heterocycles. The molecular formula is C13H18FN3O2. The van der Waals surface area contributed by atoms with Gasteiger partial charge in [0.1, 0.15) is 5.82 Å². The quantitative estimate of drug-likeness (QED) is 0.687. The van der Waals surface area contributed by atoms with E-state index in [1.165, 1.54) is 12.1 Å². The fourth-order valence-electron chi connectivity index (χ4n) is 1.37. The zero-order valence-electron chi connectivity index (χ0n) is 10.8. The van der Waals surface area contributed by atoms with Gasteiger partial charge in [-0.05, 0) is 18.6 Å². The molecule has 104 valence electrons. The Morgan fingerprint density at radius 2 is 1.84 bits per heavy atom. The van der Waals surface area contributed by atoms with Gasteiger partial charge < -0.3 is 10.6 Å². The van der Waals surface area contributed by atoms with E-state index in [1.807, 2.05) is 6.92 Å².